The first-order valence-electron chi connectivity index (χ1n) is 5.63. The smallest absolute Gasteiger partial charge is 0.325 e. The summed E-state index contributed by atoms with van der Waals surface area (Å²) in [5.41, 5.74) is -0.608. The Labute approximate surface area is 121 Å². The van der Waals surface area contributed by atoms with Crippen LogP contribution in [0, 0.1) is 5.92 Å². The number of amides is 1. The number of alkyl halides is 3. The zero-order valence-electron chi connectivity index (χ0n) is 9.76. The highest BCUT2D eigenvalue weighted by Gasteiger charge is 2.31. The summed E-state index contributed by atoms with van der Waals surface area (Å²) in [5.74, 6) is 1.31. The van der Waals surface area contributed by atoms with Gasteiger partial charge in [0.2, 0.25) is 5.91 Å². The van der Waals surface area contributed by atoms with E-state index in [9.17, 15) is 18.0 Å². The molecule has 1 atom stereocenters. The standard InChI is InChI=1S/C12H11BrF3NOS/c13-9-2-1-8(12(14,15)16)5-10(9)17-11(18)7-3-4-19-6-7/h1-2,5,7H,3-4,6H2,(H,17,18). The Bertz CT molecular complexity index is 486. The maximum Gasteiger partial charge on any atom is 0.416 e. The van der Waals surface area contributed by atoms with E-state index in [-0.39, 0.29) is 17.5 Å². The molecular weight excluding hydrogens is 343 g/mol. The number of hydrogen-bond acceptors (Lipinski definition) is 2. The van der Waals surface area contributed by atoms with Crippen LogP contribution in [0.5, 0.6) is 0 Å². The van der Waals surface area contributed by atoms with Crippen molar-refractivity contribution in [1.82, 2.24) is 0 Å². The Morgan fingerprint density at radius 1 is 1.42 bits per heavy atom. The normalized spacial score (nSPS) is 19.5. The fraction of sp³-hybridized carbons (Fsp3) is 0.417. The Kier molecular flexibility index (Phi) is 4.45. The molecule has 7 heteroatoms. The third-order valence-electron chi connectivity index (χ3n) is 2.85. The molecule has 1 amide bonds. The molecule has 1 aromatic carbocycles. The van der Waals surface area contributed by atoms with Gasteiger partial charge in [-0.25, -0.2) is 0 Å². The molecule has 1 heterocycles. The fourth-order valence-electron chi connectivity index (χ4n) is 1.77. The van der Waals surface area contributed by atoms with E-state index in [1.165, 1.54) is 6.07 Å². The van der Waals surface area contributed by atoms with Crippen LogP contribution in [0.3, 0.4) is 0 Å². The lowest BCUT2D eigenvalue weighted by Crippen LogP contribution is -2.22. The average Bonchev–Trinajstić information content (AvgIpc) is 2.84. The Balaban J connectivity index is 2.17. The van der Waals surface area contributed by atoms with Gasteiger partial charge in [0.05, 0.1) is 11.3 Å². The molecule has 2 nitrogen and oxygen atoms in total. The predicted molar refractivity (Wildman–Crippen MR) is 73.2 cm³/mol. The van der Waals surface area contributed by atoms with Crippen molar-refractivity contribution in [2.75, 3.05) is 16.8 Å². The summed E-state index contributed by atoms with van der Waals surface area (Å²) in [4.78, 5) is 11.9. The van der Waals surface area contributed by atoms with E-state index in [1.54, 1.807) is 11.8 Å². The van der Waals surface area contributed by atoms with Crippen molar-refractivity contribution in [2.45, 2.75) is 12.6 Å². The second-order valence-corrected chi connectivity index (χ2v) is 6.25. The van der Waals surface area contributed by atoms with Gasteiger partial charge in [-0.1, -0.05) is 0 Å². The number of anilines is 1. The van der Waals surface area contributed by atoms with Crippen molar-refractivity contribution in [1.29, 1.82) is 0 Å². The quantitative estimate of drug-likeness (QED) is 0.864. The maximum absolute atomic E-state index is 12.6. The molecule has 0 spiro atoms. The number of carbonyl (C=O) groups is 1. The minimum atomic E-state index is -4.41. The SMILES string of the molecule is O=C(Nc1cc(C(F)(F)F)ccc1Br)C1CCSC1. The van der Waals surface area contributed by atoms with Crippen molar-refractivity contribution in [3.05, 3.63) is 28.2 Å². The maximum atomic E-state index is 12.6. The molecule has 1 N–H and O–H groups in total. The van der Waals surface area contributed by atoms with Crippen molar-refractivity contribution in [3.8, 4) is 0 Å². The van der Waals surface area contributed by atoms with E-state index in [0.29, 0.717) is 4.47 Å². The highest BCUT2D eigenvalue weighted by Crippen LogP contribution is 2.34. The van der Waals surface area contributed by atoms with Gasteiger partial charge in [-0.3, -0.25) is 4.79 Å². The lowest BCUT2D eigenvalue weighted by molar-refractivity contribution is -0.137. The van der Waals surface area contributed by atoms with Crippen LogP contribution < -0.4 is 5.32 Å². The number of hydrogen-bond donors (Lipinski definition) is 1. The zero-order chi connectivity index (χ0) is 14.0. The fourth-order valence-corrected chi connectivity index (χ4v) is 3.34. The molecule has 1 aliphatic heterocycles. The minimum Gasteiger partial charge on any atom is -0.325 e. The summed E-state index contributed by atoms with van der Waals surface area (Å²) in [5, 5.41) is 2.57. The molecule has 19 heavy (non-hydrogen) atoms. The molecule has 2 rings (SSSR count). The topological polar surface area (TPSA) is 29.1 Å². The van der Waals surface area contributed by atoms with Crippen LogP contribution in [-0.4, -0.2) is 17.4 Å². The van der Waals surface area contributed by atoms with Gasteiger partial charge < -0.3 is 5.32 Å². The van der Waals surface area contributed by atoms with E-state index in [0.717, 1.165) is 30.1 Å². The molecule has 1 fully saturated rings. The van der Waals surface area contributed by atoms with Crippen LogP contribution in [0.2, 0.25) is 0 Å². The number of rotatable bonds is 2. The Morgan fingerprint density at radius 2 is 2.16 bits per heavy atom. The molecule has 1 aromatic rings. The highest BCUT2D eigenvalue weighted by molar-refractivity contribution is 9.10. The molecule has 0 saturated carbocycles. The minimum absolute atomic E-state index is 0.119. The predicted octanol–water partition coefficient (Wildman–Crippen LogP) is 4.16. The van der Waals surface area contributed by atoms with Crippen LogP contribution in [0.25, 0.3) is 0 Å². The first kappa shape index (κ1) is 14.7. The summed E-state index contributed by atoms with van der Waals surface area (Å²) >= 11 is 4.83. The van der Waals surface area contributed by atoms with Crippen LogP contribution in [0.4, 0.5) is 18.9 Å². The summed E-state index contributed by atoms with van der Waals surface area (Å²) in [6.07, 6.45) is -3.64. The van der Waals surface area contributed by atoms with Crippen LogP contribution in [0.15, 0.2) is 22.7 Å². The molecule has 0 radical (unpaired) electrons. The second-order valence-electron chi connectivity index (χ2n) is 4.24. The third-order valence-corrected chi connectivity index (χ3v) is 4.71. The highest BCUT2D eigenvalue weighted by atomic mass is 79.9. The van der Waals surface area contributed by atoms with Crippen LogP contribution in [-0.2, 0) is 11.0 Å². The summed E-state index contributed by atoms with van der Waals surface area (Å²) in [6, 6.07) is 3.22. The number of nitrogens with one attached hydrogen (secondary N) is 1. The van der Waals surface area contributed by atoms with E-state index in [1.807, 2.05) is 0 Å². The van der Waals surface area contributed by atoms with E-state index in [2.05, 4.69) is 21.2 Å². The lowest BCUT2D eigenvalue weighted by Gasteiger charge is -2.14. The molecule has 1 unspecified atom stereocenters. The van der Waals surface area contributed by atoms with Crippen molar-refractivity contribution < 1.29 is 18.0 Å². The van der Waals surface area contributed by atoms with Crippen molar-refractivity contribution >= 4 is 39.3 Å². The molecular formula is C12H11BrF3NOS. The first-order chi connectivity index (χ1) is 8.88. The third kappa shape index (κ3) is 3.66. The van der Waals surface area contributed by atoms with E-state index < -0.39 is 11.7 Å². The van der Waals surface area contributed by atoms with Crippen molar-refractivity contribution in [2.24, 2.45) is 5.92 Å². The molecule has 1 saturated heterocycles. The summed E-state index contributed by atoms with van der Waals surface area (Å²) in [6.45, 7) is 0. The van der Waals surface area contributed by atoms with Crippen LogP contribution >= 0.6 is 27.7 Å². The van der Waals surface area contributed by atoms with Gasteiger partial charge in [-0.05, 0) is 46.3 Å². The zero-order valence-corrected chi connectivity index (χ0v) is 12.2. The van der Waals surface area contributed by atoms with Gasteiger partial charge in [0.1, 0.15) is 0 Å². The van der Waals surface area contributed by atoms with Gasteiger partial charge in [-0.15, -0.1) is 0 Å². The largest absolute Gasteiger partial charge is 0.416 e. The second kappa shape index (κ2) is 5.75. The van der Waals surface area contributed by atoms with E-state index in [4.69, 9.17) is 0 Å². The molecule has 0 aromatic heterocycles. The van der Waals surface area contributed by atoms with Crippen LogP contribution in [0.1, 0.15) is 12.0 Å². The number of carbonyl (C=O) groups excluding carboxylic acids is 1. The van der Waals surface area contributed by atoms with E-state index >= 15 is 0 Å². The molecule has 0 aliphatic carbocycles. The number of halogens is 4. The van der Waals surface area contributed by atoms with Gasteiger partial charge in [0.25, 0.3) is 0 Å². The number of thioether (sulfide) groups is 1. The van der Waals surface area contributed by atoms with Gasteiger partial charge in [0.15, 0.2) is 0 Å². The molecule has 0 bridgehead atoms. The summed E-state index contributed by atoms with van der Waals surface area (Å²) < 4.78 is 38.3. The summed E-state index contributed by atoms with van der Waals surface area (Å²) in [7, 11) is 0. The Morgan fingerprint density at radius 3 is 2.74 bits per heavy atom. The molecule has 104 valence electrons. The van der Waals surface area contributed by atoms with Crippen molar-refractivity contribution in [3.63, 3.8) is 0 Å². The van der Waals surface area contributed by atoms with Gasteiger partial charge in [-0.2, -0.15) is 24.9 Å². The lowest BCUT2D eigenvalue weighted by atomic mass is 10.1. The van der Waals surface area contributed by atoms with Gasteiger partial charge in [0, 0.05) is 16.1 Å². The number of benzene rings is 1. The average molecular weight is 354 g/mol. The monoisotopic (exact) mass is 353 g/mol. The van der Waals surface area contributed by atoms with Gasteiger partial charge >= 0.3 is 6.18 Å². The Hall–Kier alpha value is -0.690. The molecule has 1 aliphatic rings. The first-order valence-corrected chi connectivity index (χ1v) is 7.58.